The molecule has 0 aromatic carbocycles. The molecule has 0 radical (unpaired) electrons. The van der Waals surface area contributed by atoms with Gasteiger partial charge in [0, 0.05) is 46.3 Å². The van der Waals surface area contributed by atoms with Gasteiger partial charge in [-0.2, -0.15) is 0 Å². The fourth-order valence-electron chi connectivity index (χ4n) is 2.52. The maximum Gasteiger partial charge on any atom is 0.326 e. The summed E-state index contributed by atoms with van der Waals surface area (Å²) >= 11 is 3.33. The van der Waals surface area contributed by atoms with Crippen molar-refractivity contribution in [2.24, 2.45) is 0 Å². The highest BCUT2D eigenvalue weighted by Crippen LogP contribution is 1.99. The molecule has 1 unspecified atom stereocenters. The van der Waals surface area contributed by atoms with Crippen LogP contribution in [-0.4, -0.2) is 78.1 Å². The lowest BCUT2D eigenvalue weighted by atomic mass is 10.1. The van der Waals surface area contributed by atoms with E-state index in [1.165, 1.54) is 13.8 Å². The number of nitrogens with one attached hydrogen (secondary N) is 3. The van der Waals surface area contributed by atoms with Crippen LogP contribution < -0.4 is 16.0 Å². The molecule has 3 amide bonds. The summed E-state index contributed by atoms with van der Waals surface area (Å²) in [5.74, 6) is -1.87. The SMILES string of the molecule is CC(=O)S.CCCCN(C)CCNC(=O)CCCCNC(=O)CCC(NC(C)=O)C(=O)O. The molecule has 0 aromatic heterocycles. The van der Waals surface area contributed by atoms with E-state index in [0.29, 0.717) is 32.4 Å². The summed E-state index contributed by atoms with van der Waals surface area (Å²) in [5, 5.41) is 16.7. The summed E-state index contributed by atoms with van der Waals surface area (Å²) in [6, 6.07) is -1.06. The molecule has 4 N–H and O–H groups in total. The number of aliphatic carboxylic acids is 1. The molecule has 1 atom stereocenters. The number of carbonyl (C=O) groups is 5. The molecule has 0 spiro atoms. The van der Waals surface area contributed by atoms with Gasteiger partial charge >= 0.3 is 5.97 Å². The van der Waals surface area contributed by atoms with E-state index in [1.807, 2.05) is 7.05 Å². The van der Waals surface area contributed by atoms with Crippen LogP contribution in [0.5, 0.6) is 0 Å². The van der Waals surface area contributed by atoms with Gasteiger partial charge in [-0.25, -0.2) is 4.79 Å². The third kappa shape index (κ3) is 24.1. The number of carbonyl (C=O) groups excluding carboxylic acids is 4. The summed E-state index contributed by atoms with van der Waals surface area (Å²) < 4.78 is 0. The minimum atomic E-state index is -1.16. The normalized spacial score (nSPS) is 11.1. The van der Waals surface area contributed by atoms with E-state index in [-0.39, 0.29) is 29.8 Å². The molecule has 0 saturated heterocycles. The molecule has 0 aliphatic rings. The number of carboxylic acid groups (broad SMARTS) is 1. The number of likely N-dealkylation sites (N-methyl/N-ethyl adjacent to an activating group) is 1. The van der Waals surface area contributed by atoms with E-state index in [2.05, 4.69) is 40.4 Å². The fourth-order valence-corrected chi connectivity index (χ4v) is 2.52. The average molecular weight is 477 g/mol. The van der Waals surface area contributed by atoms with E-state index < -0.39 is 17.9 Å². The molecule has 186 valence electrons. The predicted molar refractivity (Wildman–Crippen MR) is 126 cm³/mol. The van der Waals surface area contributed by atoms with E-state index in [9.17, 15) is 24.0 Å². The largest absolute Gasteiger partial charge is 0.480 e. The molecule has 0 aliphatic heterocycles. The number of hydrogen-bond donors (Lipinski definition) is 5. The lowest BCUT2D eigenvalue weighted by Crippen LogP contribution is -2.40. The number of unbranched alkanes of at least 4 members (excludes halogenated alkanes) is 2. The standard InChI is InChI=1S/C19H36N4O5.C2H4OS/c1-4-5-13-23(3)14-12-21-17(25)8-6-7-11-20-18(26)10-9-16(19(27)28)22-15(2)24;1-2(3)4/h16H,4-14H2,1-3H3,(H,20,26)(H,21,25)(H,22,24)(H,27,28);1H3,(H,3,4). The van der Waals surface area contributed by atoms with Crippen LogP contribution in [0.1, 0.15) is 65.7 Å². The van der Waals surface area contributed by atoms with Crippen molar-refractivity contribution in [3.63, 3.8) is 0 Å². The number of thiol groups is 1. The summed E-state index contributed by atoms with van der Waals surface area (Å²) in [6.45, 7) is 7.71. The topological polar surface area (TPSA) is 145 Å². The Balaban J connectivity index is 0. The molecule has 0 aliphatic carbocycles. The van der Waals surface area contributed by atoms with Gasteiger partial charge in [0.05, 0.1) is 0 Å². The van der Waals surface area contributed by atoms with Crippen LogP contribution in [0.2, 0.25) is 0 Å². The fraction of sp³-hybridized carbons (Fsp3) is 0.762. The number of rotatable bonds is 16. The van der Waals surface area contributed by atoms with Crippen LogP contribution in [0.4, 0.5) is 0 Å². The highest BCUT2D eigenvalue weighted by Gasteiger charge is 2.19. The van der Waals surface area contributed by atoms with E-state index in [0.717, 1.165) is 25.9 Å². The average Bonchev–Trinajstić information content (AvgIpc) is 2.68. The second kappa shape index (κ2) is 20.7. The van der Waals surface area contributed by atoms with E-state index >= 15 is 0 Å². The van der Waals surface area contributed by atoms with Gasteiger partial charge < -0.3 is 26.0 Å². The van der Waals surface area contributed by atoms with Crippen molar-refractivity contribution < 1.29 is 29.1 Å². The first-order valence-electron chi connectivity index (χ1n) is 10.9. The van der Waals surface area contributed by atoms with Crippen LogP contribution in [-0.2, 0) is 24.0 Å². The summed E-state index contributed by atoms with van der Waals surface area (Å²) in [4.78, 5) is 56.9. The lowest BCUT2D eigenvalue weighted by Gasteiger charge is -2.16. The molecular formula is C21H40N4O6S. The van der Waals surface area contributed by atoms with Crippen molar-refractivity contribution in [3.8, 4) is 0 Å². The van der Waals surface area contributed by atoms with Crippen LogP contribution in [0.25, 0.3) is 0 Å². The zero-order valence-electron chi connectivity index (χ0n) is 19.7. The van der Waals surface area contributed by atoms with Crippen molar-refractivity contribution in [2.75, 3.05) is 33.2 Å². The number of amides is 3. The van der Waals surface area contributed by atoms with E-state index in [4.69, 9.17) is 5.11 Å². The van der Waals surface area contributed by atoms with Crippen molar-refractivity contribution in [2.45, 2.75) is 71.8 Å². The van der Waals surface area contributed by atoms with Crippen LogP contribution in [0.15, 0.2) is 0 Å². The zero-order valence-corrected chi connectivity index (χ0v) is 20.6. The molecule has 0 fully saturated rings. The van der Waals surface area contributed by atoms with Crippen molar-refractivity contribution in [1.29, 1.82) is 0 Å². The Morgan fingerprint density at radius 2 is 1.47 bits per heavy atom. The van der Waals surface area contributed by atoms with Crippen LogP contribution in [0.3, 0.4) is 0 Å². The smallest absolute Gasteiger partial charge is 0.326 e. The Morgan fingerprint density at radius 3 is 2.00 bits per heavy atom. The Kier molecular flexibility index (Phi) is 20.8. The third-order valence-corrected chi connectivity index (χ3v) is 4.20. The third-order valence-electron chi connectivity index (χ3n) is 4.20. The van der Waals surface area contributed by atoms with E-state index in [1.54, 1.807) is 0 Å². The molecule has 0 heterocycles. The Morgan fingerprint density at radius 1 is 0.906 bits per heavy atom. The van der Waals surface area contributed by atoms with Gasteiger partial charge in [0.25, 0.3) is 0 Å². The summed E-state index contributed by atoms with van der Waals surface area (Å²) in [7, 11) is 2.04. The van der Waals surface area contributed by atoms with Gasteiger partial charge in [-0.05, 0) is 39.3 Å². The van der Waals surface area contributed by atoms with Gasteiger partial charge in [-0.1, -0.05) is 13.3 Å². The second-order valence-electron chi connectivity index (χ2n) is 7.46. The van der Waals surface area contributed by atoms with Crippen molar-refractivity contribution in [3.05, 3.63) is 0 Å². The highest BCUT2D eigenvalue weighted by molar-refractivity contribution is 7.96. The molecule has 0 rings (SSSR count). The summed E-state index contributed by atoms with van der Waals surface area (Å²) in [6.07, 6.45) is 4.12. The van der Waals surface area contributed by atoms with Gasteiger partial charge in [0.1, 0.15) is 6.04 Å². The minimum absolute atomic E-state index is 0.00910. The van der Waals surface area contributed by atoms with Crippen molar-refractivity contribution >= 4 is 41.4 Å². The van der Waals surface area contributed by atoms with Crippen LogP contribution >= 0.6 is 12.6 Å². The molecule has 11 heteroatoms. The number of nitrogens with zero attached hydrogens (tertiary/aromatic N) is 1. The van der Waals surface area contributed by atoms with Gasteiger partial charge in [-0.15, -0.1) is 12.6 Å². The maximum absolute atomic E-state index is 11.8. The molecule has 0 bridgehead atoms. The first kappa shape index (κ1) is 32.0. The minimum Gasteiger partial charge on any atom is -0.480 e. The van der Waals surface area contributed by atoms with Gasteiger partial charge in [0.2, 0.25) is 17.7 Å². The molecule has 10 nitrogen and oxygen atoms in total. The lowest BCUT2D eigenvalue weighted by molar-refractivity contribution is -0.141. The molecule has 0 saturated carbocycles. The highest BCUT2D eigenvalue weighted by atomic mass is 32.1. The number of carboxylic acids is 1. The summed E-state index contributed by atoms with van der Waals surface area (Å²) in [5.41, 5.74) is 0. The van der Waals surface area contributed by atoms with Gasteiger partial charge in [0.15, 0.2) is 5.12 Å². The molecule has 0 aromatic rings. The number of hydrogen-bond acceptors (Lipinski definition) is 6. The zero-order chi connectivity index (χ0) is 24.9. The first-order chi connectivity index (χ1) is 15.0. The Hall–Kier alpha value is -2.14. The second-order valence-corrected chi connectivity index (χ2v) is 8.09. The Bertz CT molecular complexity index is 585. The predicted octanol–water partition coefficient (Wildman–Crippen LogP) is 0.953. The monoisotopic (exact) mass is 476 g/mol. The molecule has 32 heavy (non-hydrogen) atoms. The quantitative estimate of drug-likeness (QED) is 0.165. The van der Waals surface area contributed by atoms with Crippen molar-refractivity contribution in [1.82, 2.24) is 20.9 Å². The van der Waals surface area contributed by atoms with Gasteiger partial charge in [-0.3, -0.25) is 19.2 Å². The Labute approximate surface area is 196 Å². The maximum atomic E-state index is 11.8. The van der Waals surface area contributed by atoms with Crippen LogP contribution in [0, 0.1) is 0 Å². The first-order valence-corrected chi connectivity index (χ1v) is 11.4. The molecular weight excluding hydrogens is 436 g/mol.